The number of hydrogen-bond donors (Lipinski definition) is 1. The molecule has 0 spiro atoms. The number of aryl methyl sites for hydroxylation is 1. The van der Waals surface area contributed by atoms with Gasteiger partial charge in [0.05, 0.1) is 0 Å². The van der Waals surface area contributed by atoms with Gasteiger partial charge in [0.15, 0.2) is 0 Å². The van der Waals surface area contributed by atoms with Crippen LogP contribution in [0.25, 0.3) is 0 Å². The van der Waals surface area contributed by atoms with Gasteiger partial charge in [0.1, 0.15) is 0 Å². The molecule has 1 aromatic carbocycles. The molecule has 2 atom stereocenters. The van der Waals surface area contributed by atoms with Crippen LogP contribution in [-0.4, -0.2) is 0 Å². The second-order valence-corrected chi connectivity index (χ2v) is 5.60. The molecular weight excluding hydrogens is 238 g/mol. The summed E-state index contributed by atoms with van der Waals surface area (Å²) in [6.07, 6.45) is 1.11. The van der Waals surface area contributed by atoms with Crippen LogP contribution in [-0.2, 0) is 0 Å². The van der Waals surface area contributed by atoms with Crippen LogP contribution in [0.15, 0.2) is 41.1 Å². The zero-order valence-electron chi connectivity index (χ0n) is 11.3. The normalized spacial score (nSPS) is 14.4. The molecule has 0 aliphatic heterocycles. The number of hydrogen-bond acceptors (Lipinski definition) is 2. The highest BCUT2D eigenvalue weighted by atomic mass is 32.1. The zero-order valence-corrected chi connectivity index (χ0v) is 12.1. The lowest BCUT2D eigenvalue weighted by Gasteiger charge is -2.22. The molecule has 0 saturated carbocycles. The maximum atomic E-state index is 3.71. The largest absolute Gasteiger partial charge is 0.303 e. The van der Waals surface area contributed by atoms with Crippen LogP contribution in [0.2, 0.25) is 0 Å². The van der Waals surface area contributed by atoms with Crippen molar-refractivity contribution < 1.29 is 0 Å². The molecular formula is C16H21NS. The molecule has 0 fully saturated rings. The van der Waals surface area contributed by atoms with Crippen LogP contribution in [0.4, 0.5) is 0 Å². The van der Waals surface area contributed by atoms with E-state index < -0.39 is 0 Å². The zero-order chi connectivity index (χ0) is 13.0. The molecule has 1 N–H and O–H groups in total. The van der Waals surface area contributed by atoms with E-state index >= 15 is 0 Å². The summed E-state index contributed by atoms with van der Waals surface area (Å²) in [5, 5.41) is 8.07. The fraction of sp³-hybridized carbons (Fsp3) is 0.375. The summed E-state index contributed by atoms with van der Waals surface area (Å²) >= 11 is 1.76. The van der Waals surface area contributed by atoms with Gasteiger partial charge in [-0.3, -0.25) is 0 Å². The van der Waals surface area contributed by atoms with Gasteiger partial charge in [0.2, 0.25) is 0 Å². The summed E-state index contributed by atoms with van der Waals surface area (Å²) < 4.78 is 0. The number of nitrogens with one attached hydrogen (secondary N) is 1. The fourth-order valence-electron chi connectivity index (χ4n) is 2.17. The van der Waals surface area contributed by atoms with Crippen molar-refractivity contribution in [2.45, 2.75) is 39.3 Å². The quantitative estimate of drug-likeness (QED) is 0.808. The van der Waals surface area contributed by atoms with Crippen molar-refractivity contribution in [3.8, 4) is 0 Å². The Hall–Kier alpha value is -1.12. The van der Waals surface area contributed by atoms with Crippen molar-refractivity contribution in [3.05, 3.63) is 57.8 Å². The highest BCUT2D eigenvalue weighted by molar-refractivity contribution is 7.07. The maximum Gasteiger partial charge on any atom is 0.0323 e. The Labute approximate surface area is 114 Å². The van der Waals surface area contributed by atoms with E-state index in [-0.39, 0.29) is 0 Å². The Morgan fingerprint density at radius 2 is 1.83 bits per heavy atom. The Bertz CT molecular complexity index is 458. The highest BCUT2D eigenvalue weighted by Gasteiger charge is 2.13. The lowest BCUT2D eigenvalue weighted by atomic mass is 10.0. The molecule has 0 amide bonds. The standard InChI is InChI=1S/C16H21NS/c1-4-16(14-7-5-12(2)6-8-14)17-13(3)15-9-10-18-11-15/h5-11,13,16-17H,4H2,1-3H3. The molecule has 0 bridgehead atoms. The van der Waals surface area contributed by atoms with Gasteiger partial charge in [-0.2, -0.15) is 11.3 Å². The molecule has 1 aromatic heterocycles. The summed E-state index contributed by atoms with van der Waals surface area (Å²) in [6.45, 7) is 6.60. The Morgan fingerprint density at radius 3 is 2.39 bits per heavy atom. The smallest absolute Gasteiger partial charge is 0.0323 e. The Balaban J connectivity index is 2.07. The molecule has 1 nitrogen and oxygen atoms in total. The maximum absolute atomic E-state index is 3.71. The summed E-state index contributed by atoms with van der Waals surface area (Å²) in [5.41, 5.74) is 4.08. The van der Waals surface area contributed by atoms with Crippen LogP contribution >= 0.6 is 11.3 Å². The Morgan fingerprint density at radius 1 is 1.11 bits per heavy atom. The minimum absolute atomic E-state index is 0.405. The monoisotopic (exact) mass is 259 g/mol. The lowest BCUT2D eigenvalue weighted by Crippen LogP contribution is -2.23. The Kier molecular flexibility index (Phi) is 4.56. The minimum Gasteiger partial charge on any atom is -0.303 e. The van der Waals surface area contributed by atoms with E-state index in [4.69, 9.17) is 0 Å². The molecule has 2 rings (SSSR count). The van der Waals surface area contributed by atoms with E-state index in [9.17, 15) is 0 Å². The van der Waals surface area contributed by atoms with E-state index in [1.54, 1.807) is 11.3 Å². The van der Waals surface area contributed by atoms with Crippen molar-refractivity contribution >= 4 is 11.3 Å². The van der Waals surface area contributed by atoms with Crippen LogP contribution in [0, 0.1) is 6.92 Å². The molecule has 0 aliphatic carbocycles. The van der Waals surface area contributed by atoms with Crippen LogP contribution < -0.4 is 5.32 Å². The SMILES string of the molecule is CCC(NC(C)c1ccsc1)c1ccc(C)cc1. The summed E-state index contributed by atoms with van der Waals surface area (Å²) in [5.74, 6) is 0. The van der Waals surface area contributed by atoms with Gasteiger partial charge < -0.3 is 5.32 Å². The second kappa shape index (κ2) is 6.17. The minimum atomic E-state index is 0.405. The average molecular weight is 259 g/mol. The molecule has 2 heteroatoms. The summed E-state index contributed by atoms with van der Waals surface area (Å²) in [6, 6.07) is 11.9. The summed E-state index contributed by atoms with van der Waals surface area (Å²) in [7, 11) is 0. The van der Waals surface area contributed by atoms with E-state index in [0.29, 0.717) is 12.1 Å². The van der Waals surface area contributed by atoms with Crippen LogP contribution in [0.3, 0.4) is 0 Å². The molecule has 96 valence electrons. The first-order chi connectivity index (χ1) is 8.70. The van der Waals surface area contributed by atoms with Crippen molar-refractivity contribution in [2.24, 2.45) is 0 Å². The van der Waals surface area contributed by atoms with Crippen LogP contribution in [0.5, 0.6) is 0 Å². The number of thiophene rings is 1. The first-order valence-electron chi connectivity index (χ1n) is 6.55. The molecule has 0 radical (unpaired) electrons. The molecule has 18 heavy (non-hydrogen) atoms. The number of benzene rings is 1. The van der Waals surface area contributed by atoms with Gasteiger partial charge in [-0.1, -0.05) is 36.8 Å². The lowest BCUT2D eigenvalue weighted by molar-refractivity contribution is 0.457. The topological polar surface area (TPSA) is 12.0 Å². The second-order valence-electron chi connectivity index (χ2n) is 4.82. The van der Waals surface area contributed by atoms with E-state index in [0.717, 1.165) is 6.42 Å². The van der Waals surface area contributed by atoms with Crippen molar-refractivity contribution in [3.63, 3.8) is 0 Å². The van der Waals surface area contributed by atoms with Crippen molar-refractivity contribution in [1.29, 1.82) is 0 Å². The number of rotatable bonds is 5. The first-order valence-corrected chi connectivity index (χ1v) is 7.49. The highest BCUT2D eigenvalue weighted by Crippen LogP contribution is 2.23. The van der Waals surface area contributed by atoms with Crippen molar-refractivity contribution in [1.82, 2.24) is 5.32 Å². The third kappa shape index (κ3) is 3.21. The van der Waals surface area contributed by atoms with Gasteiger partial charge in [0, 0.05) is 12.1 Å². The third-order valence-corrected chi connectivity index (χ3v) is 4.08. The third-order valence-electron chi connectivity index (χ3n) is 3.38. The van der Waals surface area contributed by atoms with Gasteiger partial charge in [-0.15, -0.1) is 0 Å². The molecule has 2 unspecified atom stereocenters. The van der Waals surface area contributed by atoms with Gasteiger partial charge >= 0.3 is 0 Å². The van der Waals surface area contributed by atoms with E-state index in [1.807, 2.05) is 0 Å². The fourth-order valence-corrected chi connectivity index (χ4v) is 2.92. The molecule has 0 saturated heterocycles. The van der Waals surface area contributed by atoms with E-state index in [1.165, 1.54) is 16.7 Å². The van der Waals surface area contributed by atoms with E-state index in [2.05, 4.69) is 67.2 Å². The average Bonchev–Trinajstić information content (AvgIpc) is 2.91. The molecule has 2 aromatic rings. The molecule has 0 aliphatic rings. The summed E-state index contributed by atoms with van der Waals surface area (Å²) in [4.78, 5) is 0. The van der Waals surface area contributed by atoms with Crippen LogP contribution in [0.1, 0.15) is 49.0 Å². The van der Waals surface area contributed by atoms with Gasteiger partial charge in [0.25, 0.3) is 0 Å². The predicted molar refractivity (Wildman–Crippen MR) is 80.1 cm³/mol. The predicted octanol–water partition coefficient (Wildman–Crippen LogP) is 4.86. The first kappa shape index (κ1) is 13.3. The molecule has 1 heterocycles. The van der Waals surface area contributed by atoms with Gasteiger partial charge in [-0.25, -0.2) is 0 Å². The van der Waals surface area contributed by atoms with Gasteiger partial charge in [-0.05, 0) is 48.2 Å². The van der Waals surface area contributed by atoms with Crippen molar-refractivity contribution in [2.75, 3.05) is 0 Å².